The van der Waals surface area contributed by atoms with E-state index in [2.05, 4.69) is 25.5 Å². The number of carbonyl (C=O) groups excluding carboxylic acids is 4. The third kappa shape index (κ3) is 7.64. The van der Waals surface area contributed by atoms with Crippen molar-refractivity contribution in [3.8, 4) is 0 Å². The lowest BCUT2D eigenvalue weighted by Gasteiger charge is -2.26. The predicted octanol–water partition coefficient (Wildman–Crippen LogP) is 3.35. The molecule has 6 N–H and O–H groups in total. The lowest BCUT2D eigenvalue weighted by atomic mass is 9.87. The Morgan fingerprint density at radius 2 is 1.78 bits per heavy atom. The van der Waals surface area contributed by atoms with Gasteiger partial charge < -0.3 is 26.8 Å². The van der Waals surface area contributed by atoms with Crippen molar-refractivity contribution in [2.24, 2.45) is 16.5 Å². The molecule has 0 fully saturated rings. The fourth-order valence-corrected chi connectivity index (χ4v) is 4.86. The van der Waals surface area contributed by atoms with Crippen LogP contribution in [0, 0.1) is 0 Å². The summed E-state index contributed by atoms with van der Waals surface area (Å²) in [6, 6.07) is 2.30. The lowest BCUT2D eigenvalue weighted by molar-refractivity contribution is -0.202. The molecule has 0 radical (unpaired) electrons. The molecule has 1 aliphatic rings. The zero-order chi connectivity index (χ0) is 34.1. The van der Waals surface area contributed by atoms with Gasteiger partial charge in [0.25, 0.3) is 0 Å². The van der Waals surface area contributed by atoms with E-state index in [9.17, 15) is 49.9 Å². The van der Waals surface area contributed by atoms with Crippen LogP contribution in [-0.4, -0.2) is 64.9 Å². The van der Waals surface area contributed by atoms with Gasteiger partial charge in [0, 0.05) is 21.9 Å². The second-order valence-electron chi connectivity index (χ2n) is 9.89. The minimum atomic E-state index is -5.61. The molecule has 0 bridgehead atoms. The monoisotopic (exact) mass is 679 g/mol. The van der Waals surface area contributed by atoms with Gasteiger partial charge in [-0.05, 0) is 35.9 Å². The van der Waals surface area contributed by atoms with Gasteiger partial charge in [-0.1, -0.05) is 11.6 Å². The average molecular weight is 680 g/mol. The van der Waals surface area contributed by atoms with Gasteiger partial charge in [0.1, 0.15) is 12.2 Å². The number of alkyl halides is 7. The molecule has 20 heteroatoms. The van der Waals surface area contributed by atoms with Crippen LogP contribution in [0.2, 0.25) is 5.02 Å². The number of ether oxygens (including phenoxy) is 1. The van der Waals surface area contributed by atoms with Gasteiger partial charge in [-0.2, -0.15) is 31.4 Å². The summed E-state index contributed by atoms with van der Waals surface area (Å²) in [5.74, 6) is -8.95. The molecular weight excluding hydrogens is 659 g/mol. The zero-order valence-corrected chi connectivity index (χ0v) is 23.6. The summed E-state index contributed by atoms with van der Waals surface area (Å²) in [4.78, 5) is 53.0. The van der Waals surface area contributed by atoms with Crippen molar-refractivity contribution in [1.82, 2.24) is 15.1 Å². The Hall–Kier alpha value is -4.94. The van der Waals surface area contributed by atoms with E-state index >= 15 is 0 Å². The number of halogens is 8. The Morgan fingerprint density at radius 1 is 1.09 bits per heavy atom. The Kier molecular flexibility index (Phi) is 9.46. The highest BCUT2D eigenvalue weighted by molar-refractivity contribution is 6.30. The largest absolute Gasteiger partial charge is 0.491 e. The van der Waals surface area contributed by atoms with Crippen LogP contribution in [-0.2, 0) is 25.3 Å². The van der Waals surface area contributed by atoms with E-state index < -0.39 is 76.8 Å². The summed E-state index contributed by atoms with van der Waals surface area (Å²) >= 11 is 5.91. The summed E-state index contributed by atoms with van der Waals surface area (Å²) < 4.78 is 97.6. The van der Waals surface area contributed by atoms with Crippen LogP contribution < -0.4 is 22.1 Å². The number of fused-ring (bicyclic) bond motifs is 1. The normalized spacial score (nSPS) is 16.6. The number of amides is 2. The number of nitrogens with zero attached hydrogens (tertiary/aromatic N) is 3. The van der Waals surface area contributed by atoms with Crippen LogP contribution in [0.3, 0.4) is 0 Å². The smallest absolute Gasteiger partial charge is 0.386 e. The minimum Gasteiger partial charge on any atom is -0.386 e. The van der Waals surface area contributed by atoms with Crippen molar-refractivity contribution in [1.29, 1.82) is 0 Å². The molecule has 12 nitrogen and oxygen atoms in total. The Labute approximate surface area is 257 Å². The fraction of sp³-hybridized carbons (Fsp3) is 0.308. The third-order valence-corrected chi connectivity index (χ3v) is 6.85. The number of benzene rings is 2. The molecule has 1 aromatic heterocycles. The molecule has 2 amide bonds. The summed E-state index contributed by atoms with van der Waals surface area (Å²) in [5.41, 5.74) is 8.99. The number of primary amides is 2. The molecule has 46 heavy (non-hydrogen) atoms. The maximum Gasteiger partial charge on any atom is 0.491 e. The highest BCUT2D eigenvalue weighted by atomic mass is 35.5. The Bertz CT molecular complexity index is 1740. The molecule has 0 saturated heterocycles. The topological polar surface area (TPSA) is 184 Å². The summed E-state index contributed by atoms with van der Waals surface area (Å²) in [7, 11) is 0. The standard InChI is InChI=1S/C26H21ClF7N7O5/c27-13-2-10(1-12(5-13)25(29,30)31)15(6-19(42)46-23(45)26(32,33)34)20(22(36)44)41-18-4-11(21(35)43)3-17(16(18)9-39-41)40-24-37-7-14(28)8-38-24/h1-5,9,14-15,20H,6-8H2,(H2,35,43)(H2,36,44)(H2,37,38,40)/t15-,20?/m0/s1. The second kappa shape index (κ2) is 12.8. The number of esters is 2. The zero-order valence-electron chi connectivity index (χ0n) is 22.9. The molecule has 4 rings (SSSR count). The molecule has 3 aromatic rings. The van der Waals surface area contributed by atoms with E-state index in [-0.39, 0.29) is 41.2 Å². The van der Waals surface area contributed by atoms with E-state index in [1.807, 2.05) is 0 Å². The number of hydrogen-bond donors (Lipinski definition) is 4. The van der Waals surface area contributed by atoms with Gasteiger partial charge in [0.2, 0.25) is 11.8 Å². The van der Waals surface area contributed by atoms with Crippen molar-refractivity contribution in [3.05, 3.63) is 58.2 Å². The number of carbonyl (C=O) groups is 4. The Balaban J connectivity index is 1.89. The summed E-state index contributed by atoms with van der Waals surface area (Å²) in [6.07, 6.45) is -12.1. The molecule has 246 valence electrons. The maximum absolute atomic E-state index is 13.7. The van der Waals surface area contributed by atoms with Crippen LogP contribution in [0.15, 0.2) is 41.5 Å². The van der Waals surface area contributed by atoms with Crippen molar-refractivity contribution in [3.63, 3.8) is 0 Å². The number of nitrogens with two attached hydrogens (primary N) is 2. The number of hydrogen-bond acceptors (Lipinski definition) is 9. The quantitative estimate of drug-likeness (QED) is 0.159. The van der Waals surface area contributed by atoms with Gasteiger partial charge in [-0.15, -0.1) is 0 Å². The van der Waals surface area contributed by atoms with E-state index in [0.717, 1.165) is 23.0 Å². The van der Waals surface area contributed by atoms with Crippen LogP contribution in [0.4, 0.5) is 36.4 Å². The second-order valence-corrected chi connectivity index (χ2v) is 10.3. The van der Waals surface area contributed by atoms with E-state index in [4.69, 9.17) is 23.1 Å². The summed E-state index contributed by atoms with van der Waals surface area (Å²) in [5, 5.41) is 9.15. The fourth-order valence-electron chi connectivity index (χ4n) is 4.62. The van der Waals surface area contributed by atoms with E-state index in [0.29, 0.717) is 12.1 Å². The van der Waals surface area contributed by atoms with Crippen LogP contribution >= 0.6 is 11.6 Å². The average Bonchev–Trinajstić information content (AvgIpc) is 3.36. The van der Waals surface area contributed by atoms with Crippen molar-refractivity contribution in [2.75, 3.05) is 18.4 Å². The van der Waals surface area contributed by atoms with Crippen LogP contribution in [0.5, 0.6) is 0 Å². The summed E-state index contributed by atoms with van der Waals surface area (Å²) in [6.45, 7) is -0.313. The number of aromatic nitrogens is 2. The third-order valence-electron chi connectivity index (χ3n) is 6.63. The molecule has 0 aliphatic carbocycles. The molecule has 2 heterocycles. The SMILES string of the molecule is NC(=O)c1cc(NC2=NCC(F)CN2)c2cnn(C(C(N)=O)[C@@H](CC(=O)OC(=O)C(F)(F)F)c3cc(Cl)cc(C(F)(F)F)c3)c2c1. The first-order chi connectivity index (χ1) is 21.3. The van der Waals surface area contributed by atoms with E-state index in [1.54, 1.807) is 0 Å². The molecule has 0 spiro atoms. The highest BCUT2D eigenvalue weighted by Crippen LogP contribution is 2.40. The molecule has 3 atom stereocenters. The molecule has 2 aromatic carbocycles. The Morgan fingerprint density at radius 3 is 2.35 bits per heavy atom. The number of nitrogens with one attached hydrogen (secondary N) is 2. The number of anilines is 1. The predicted molar refractivity (Wildman–Crippen MR) is 146 cm³/mol. The first kappa shape index (κ1) is 33.9. The molecular formula is C26H21ClF7N7O5. The highest BCUT2D eigenvalue weighted by Gasteiger charge is 2.44. The van der Waals surface area contributed by atoms with Gasteiger partial charge in [0.15, 0.2) is 5.96 Å². The van der Waals surface area contributed by atoms with Gasteiger partial charge in [-0.3, -0.25) is 19.1 Å². The van der Waals surface area contributed by atoms with Crippen LogP contribution in [0.1, 0.15) is 39.9 Å². The van der Waals surface area contributed by atoms with Gasteiger partial charge >= 0.3 is 24.3 Å². The number of guanidine groups is 1. The molecule has 1 aliphatic heterocycles. The van der Waals surface area contributed by atoms with Crippen molar-refractivity contribution in [2.45, 2.75) is 36.9 Å². The van der Waals surface area contributed by atoms with Crippen molar-refractivity contribution >= 4 is 57.9 Å². The first-order valence-electron chi connectivity index (χ1n) is 12.8. The maximum atomic E-state index is 13.7. The lowest BCUT2D eigenvalue weighted by Crippen LogP contribution is -2.41. The van der Waals surface area contributed by atoms with E-state index in [1.165, 1.54) is 6.07 Å². The molecule has 2 unspecified atom stereocenters. The van der Waals surface area contributed by atoms with Gasteiger partial charge in [0.05, 0.1) is 42.5 Å². The first-order valence-corrected chi connectivity index (χ1v) is 13.2. The number of aliphatic imine (C=N–C) groups is 1. The minimum absolute atomic E-state index is 0.0737. The van der Waals surface area contributed by atoms with Crippen molar-refractivity contribution < 1.29 is 54.6 Å². The van der Waals surface area contributed by atoms with Gasteiger partial charge in [-0.25, -0.2) is 14.2 Å². The molecule has 0 saturated carbocycles. The number of rotatable bonds is 8. The van der Waals surface area contributed by atoms with Crippen LogP contribution in [0.25, 0.3) is 10.9 Å².